The number of carboxylic acids is 1. The van der Waals surface area contributed by atoms with E-state index < -0.39 is 17.8 Å². The fraction of sp³-hybridized carbons (Fsp3) is 0.429. The summed E-state index contributed by atoms with van der Waals surface area (Å²) in [6.45, 7) is 0.362. The Bertz CT molecular complexity index is 535. The molecule has 1 fully saturated rings. The number of nitrogens with zero attached hydrogens (tertiary/aromatic N) is 1. The Morgan fingerprint density at radius 2 is 2.16 bits per heavy atom. The van der Waals surface area contributed by atoms with Crippen LogP contribution in [0.1, 0.15) is 11.3 Å². The quantitative estimate of drug-likeness (QED) is 0.515. The number of aliphatic imine (C=N–C) groups is 1. The lowest BCUT2D eigenvalue weighted by molar-refractivity contribution is -0.227. The van der Waals surface area contributed by atoms with Gasteiger partial charge in [0.1, 0.15) is 0 Å². The first-order chi connectivity index (χ1) is 9.16. The summed E-state index contributed by atoms with van der Waals surface area (Å²) in [6.07, 6.45) is 4.70. The lowest BCUT2D eigenvalue weighted by Gasteiger charge is -2.29. The summed E-state index contributed by atoms with van der Waals surface area (Å²) in [5.41, 5.74) is 0. The topological polar surface area (TPSA) is 72.7 Å². The molecule has 1 aromatic heterocycles. The first-order valence-corrected chi connectivity index (χ1v) is 7.19. The molecule has 5 heteroatoms. The SMILES string of the molecule is O=C(O)[C@@H]1[C@H](C([O-])=NCc2cccs2)[C@@H]2C=C[C@H]1C2. The van der Waals surface area contributed by atoms with Gasteiger partial charge in [-0.15, -0.1) is 11.3 Å². The molecule has 0 spiro atoms. The molecular formula is C14H14NO3S-. The average Bonchev–Trinajstić information content (AvgIpc) is 3.10. The van der Waals surface area contributed by atoms with Gasteiger partial charge < -0.3 is 10.2 Å². The van der Waals surface area contributed by atoms with Gasteiger partial charge in [0.15, 0.2) is 0 Å². The summed E-state index contributed by atoms with van der Waals surface area (Å²) in [6, 6.07) is 3.84. The van der Waals surface area contributed by atoms with Crippen molar-refractivity contribution in [2.45, 2.75) is 13.0 Å². The highest BCUT2D eigenvalue weighted by atomic mass is 32.1. The molecule has 1 aromatic rings. The maximum Gasteiger partial charge on any atom is 0.307 e. The lowest BCUT2D eigenvalue weighted by Crippen LogP contribution is -2.39. The summed E-state index contributed by atoms with van der Waals surface area (Å²) < 4.78 is 0. The molecule has 0 saturated heterocycles. The third-order valence-electron chi connectivity index (χ3n) is 4.00. The average molecular weight is 276 g/mol. The van der Waals surface area contributed by atoms with Gasteiger partial charge in [-0.2, -0.15) is 0 Å². The zero-order valence-electron chi connectivity index (χ0n) is 10.2. The van der Waals surface area contributed by atoms with Crippen LogP contribution in [0.4, 0.5) is 0 Å². The van der Waals surface area contributed by atoms with E-state index >= 15 is 0 Å². The maximum atomic E-state index is 12.2. The van der Waals surface area contributed by atoms with Crippen molar-refractivity contribution >= 4 is 23.2 Å². The minimum Gasteiger partial charge on any atom is -0.862 e. The van der Waals surface area contributed by atoms with E-state index in [0.717, 1.165) is 11.3 Å². The molecule has 0 amide bonds. The molecule has 0 radical (unpaired) electrons. The van der Waals surface area contributed by atoms with Crippen LogP contribution in [-0.2, 0) is 11.3 Å². The molecule has 0 aromatic carbocycles. The number of fused-ring (bicyclic) bond motifs is 2. The number of hydrogen-bond donors (Lipinski definition) is 1. The Labute approximate surface area is 115 Å². The van der Waals surface area contributed by atoms with Crippen molar-refractivity contribution in [3.63, 3.8) is 0 Å². The van der Waals surface area contributed by atoms with E-state index in [2.05, 4.69) is 4.99 Å². The van der Waals surface area contributed by atoms with E-state index in [1.165, 1.54) is 0 Å². The minimum atomic E-state index is -0.874. The van der Waals surface area contributed by atoms with Crippen LogP contribution in [0.5, 0.6) is 0 Å². The standard InChI is InChI=1S/C14H15NO3S/c16-13(15-7-10-2-1-5-19-10)11-8-3-4-9(6-8)12(11)14(17)18/h1-5,8-9,11-12H,6-7H2,(H,15,16)(H,17,18)/p-1/t8-,9+,11-,12+/m1/s1. The van der Waals surface area contributed by atoms with E-state index in [1.807, 2.05) is 29.7 Å². The van der Waals surface area contributed by atoms with Crippen molar-refractivity contribution < 1.29 is 15.0 Å². The van der Waals surface area contributed by atoms with Crippen LogP contribution in [0.3, 0.4) is 0 Å². The summed E-state index contributed by atoms with van der Waals surface area (Å²) in [7, 11) is 0. The molecular weight excluding hydrogens is 262 g/mol. The summed E-state index contributed by atoms with van der Waals surface area (Å²) >= 11 is 1.55. The van der Waals surface area contributed by atoms with E-state index in [1.54, 1.807) is 11.3 Å². The molecule has 0 unspecified atom stereocenters. The van der Waals surface area contributed by atoms with Gasteiger partial charge >= 0.3 is 5.97 Å². The summed E-state index contributed by atoms with van der Waals surface area (Å²) in [5, 5.41) is 23.4. The van der Waals surface area contributed by atoms with Crippen LogP contribution >= 0.6 is 11.3 Å². The van der Waals surface area contributed by atoms with Gasteiger partial charge in [0.05, 0.1) is 12.5 Å². The van der Waals surface area contributed by atoms with Gasteiger partial charge in [0.2, 0.25) is 0 Å². The van der Waals surface area contributed by atoms with Crippen LogP contribution in [-0.4, -0.2) is 17.0 Å². The predicted molar refractivity (Wildman–Crippen MR) is 70.8 cm³/mol. The van der Waals surface area contributed by atoms with Gasteiger partial charge in [0, 0.05) is 10.8 Å². The van der Waals surface area contributed by atoms with Gasteiger partial charge in [0.25, 0.3) is 0 Å². The maximum absolute atomic E-state index is 12.2. The van der Waals surface area contributed by atoms with Crippen molar-refractivity contribution in [1.29, 1.82) is 0 Å². The zero-order valence-corrected chi connectivity index (χ0v) is 11.0. The van der Waals surface area contributed by atoms with Gasteiger partial charge in [-0.25, -0.2) is 0 Å². The molecule has 1 heterocycles. The lowest BCUT2D eigenvalue weighted by atomic mass is 9.83. The molecule has 2 aliphatic carbocycles. The molecule has 0 aliphatic heterocycles. The summed E-state index contributed by atoms with van der Waals surface area (Å²) in [5.74, 6) is -2.11. The Balaban J connectivity index is 1.78. The Kier molecular flexibility index (Phi) is 3.14. The first-order valence-electron chi connectivity index (χ1n) is 6.31. The van der Waals surface area contributed by atoms with Crippen molar-refractivity contribution in [1.82, 2.24) is 0 Å². The number of rotatable bonds is 4. The zero-order chi connectivity index (χ0) is 13.4. The van der Waals surface area contributed by atoms with Crippen LogP contribution in [0, 0.1) is 23.7 Å². The molecule has 100 valence electrons. The Morgan fingerprint density at radius 3 is 2.79 bits per heavy atom. The van der Waals surface area contributed by atoms with Crippen LogP contribution in [0.25, 0.3) is 0 Å². The molecule has 19 heavy (non-hydrogen) atoms. The van der Waals surface area contributed by atoms with E-state index in [9.17, 15) is 15.0 Å². The third kappa shape index (κ3) is 2.18. The molecule has 2 aliphatic rings. The number of hydrogen-bond acceptors (Lipinski definition) is 4. The monoisotopic (exact) mass is 276 g/mol. The fourth-order valence-electron chi connectivity index (χ4n) is 3.16. The number of aliphatic carboxylic acids is 1. The molecule has 1 saturated carbocycles. The van der Waals surface area contributed by atoms with Crippen molar-refractivity contribution in [2.75, 3.05) is 0 Å². The van der Waals surface area contributed by atoms with E-state index in [-0.39, 0.29) is 17.7 Å². The highest BCUT2D eigenvalue weighted by Gasteiger charge is 2.48. The minimum absolute atomic E-state index is 0.00777. The highest BCUT2D eigenvalue weighted by Crippen LogP contribution is 2.48. The van der Waals surface area contributed by atoms with Crippen LogP contribution < -0.4 is 5.11 Å². The van der Waals surface area contributed by atoms with Crippen LogP contribution in [0.15, 0.2) is 34.7 Å². The largest absolute Gasteiger partial charge is 0.862 e. The normalized spacial score (nSPS) is 32.9. The summed E-state index contributed by atoms with van der Waals surface area (Å²) in [4.78, 5) is 16.4. The van der Waals surface area contributed by atoms with E-state index in [0.29, 0.717) is 6.54 Å². The second kappa shape index (κ2) is 4.81. The number of thiophene rings is 1. The fourth-order valence-corrected chi connectivity index (χ4v) is 3.79. The van der Waals surface area contributed by atoms with Crippen molar-refractivity contribution in [3.05, 3.63) is 34.5 Å². The Hall–Kier alpha value is -1.62. The molecule has 3 rings (SSSR count). The van der Waals surface area contributed by atoms with Gasteiger partial charge in [-0.3, -0.25) is 9.79 Å². The molecule has 4 atom stereocenters. The number of carbonyl (C=O) groups is 1. The third-order valence-corrected chi connectivity index (χ3v) is 4.86. The van der Waals surface area contributed by atoms with Gasteiger partial charge in [-0.1, -0.05) is 18.2 Å². The van der Waals surface area contributed by atoms with E-state index in [4.69, 9.17) is 0 Å². The molecule has 1 N–H and O–H groups in total. The molecule has 4 nitrogen and oxygen atoms in total. The second-order valence-corrected chi connectivity index (χ2v) is 6.10. The Morgan fingerprint density at radius 1 is 1.42 bits per heavy atom. The predicted octanol–water partition coefficient (Wildman–Crippen LogP) is 1.53. The second-order valence-electron chi connectivity index (χ2n) is 5.07. The smallest absolute Gasteiger partial charge is 0.307 e. The highest BCUT2D eigenvalue weighted by molar-refractivity contribution is 7.09. The van der Waals surface area contributed by atoms with Crippen molar-refractivity contribution in [2.24, 2.45) is 28.7 Å². The molecule has 2 bridgehead atoms. The number of allylic oxidation sites excluding steroid dienone is 2. The van der Waals surface area contributed by atoms with Crippen molar-refractivity contribution in [3.8, 4) is 0 Å². The number of carboxylic acid groups (broad SMARTS) is 1. The van der Waals surface area contributed by atoms with Crippen LogP contribution in [0.2, 0.25) is 0 Å². The first kappa shape index (κ1) is 12.4. The van der Waals surface area contributed by atoms with Gasteiger partial charge in [-0.05, 0) is 35.6 Å².